The lowest BCUT2D eigenvalue weighted by Gasteiger charge is -2.40. The van der Waals surface area contributed by atoms with E-state index in [-0.39, 0.29) is 53.8 Å². The van der Waals surface area contributed by atoms with Gasteiger partial charge in [-0.05, 0) is 83.9 Å². The molecule has 56 heavy (non-hydrogen) atoms. The van der Waals surface area contributed by atoms with Crippen molar-refractivity contribution in [2.45, 2.75) is 156 Å². The third kappa shape index (κ3) is 13.9. The Hall–Kier alpha value is -3.35. The van der Waals surface area contributed by atoms with Crippen LogP contribution < -0.4 is 10.6 Å². The van der Waals surface area contributed by atoms with Crippen LogP contribution in [0, 0.1) is 17.3 Å². The first kappa shape index (κ1) is 47.0. The molecule has 1 aromatic heterocycles. The van der Waals surface area contributed by atoms with Crippen LogP contribution in [0.3, 0.4) is 0 Å². The fourth-order valence-corrected chi connectivity index (χ4v) is 8.52. The number of hydrogen-bond donors (Lipinski definition) is 3. The standard InChI is InChI=1S/C44H71N5O6S/c1-10-13-14-19-25-49(42(52)38(31(6)11-2)47-40(51)35-23-18-20-24-48(35)9)36(30(4)5)27-37(55-12-3)41-46-34(29-56-41)39(50)45-33(28-44(7,8)43(53)54)26-32-21-16-15-17-22-32/h15-17,21-22,29-31,33,35-38H,10-14,18-20,23-28H2,1-9H3,(H,45,50)(H,47,51)(H,53,54)/t31-,33-,35+,36+,37+,38-/m0/s1. The number of carboxylic acid groups (broad SMARTS) is 1. The van der Waals surface area contributed by atoms with Crippen LogP contribution in [0.15, 0.2) is 35.7 Å². The summed E-state index contributed by atoms with van der Waals surface area (Å²) in [6.45, 7) is 17.7. The Morgan fingerprint density at radius 2 is 1.75 bits per heavy atom. The number of unbranched alkanes of at least 4 members (excludes halogenated alkanes) is 3. The van der Waals surface area contributed by atoms with Gasteiger partial charge in [0.1, 0.15) is 22.8 Å². The minimum Gasteiger partial charge on any atom is -0.481 e. The highest BCUT2D eigenvalue weighted by Gasteiger charge is 2.38. The van der Waals surface area contributed by atoms with Gasteiger partial charge in [-0.3, -0.25) is 24.1 Å². The van der Waals surface area contributed by atoms with Gasteiger partial charge in [0.15, 0.2) is 0 Å². The molecule has 1 saturated heterocycles. The van der Waals surface area contributed by atoms with E-state index in [2.05, 4.69) is 43.2 Å². The predicted molar refractivity (Wildman–Crippen MR) is 225 cm³/mol. The summed E-state index contributed by atoms with van der Waals surface area (Å²) >= 11 is 1.36. The number of aromatic nitrogens is 1. The van der Waals surface area contributed by atoms with Crippen molar-refractivity contribution in [3.8, 4) is 0 Å². The molecule has 2 aromatic rings. The monoisotopic (exact) mass is 798 g/mol. The van der Waals surface area contributed by atoms with E-state index in [9.17, 15) is 24.3 Å². The second kappa shape index (κ2) is 23.2. The number of ether oxygens (including phenoxy) is 1. The molecule has 1 aliphatic heterocycles. The molecule has 11 nitrogen and oxygen atoms in total. The number of hydrogen-bond acceptors (Lipinski definition) is 8. The molecule has 0 bridgehead atoms. The van der Waals surface area contributed by atoms with Gasteiger partial charge >= 0.3 is 5.97 Å². The lowest BCUT2D eigenvalue weighted by Crippen LogP contribution is -2.59. The van der Waals surface area contributed by atoms with E-state index in [1.807, 2.05) is 56.1 Å². The van der Waals surface area contributed by atoms with Crippen molar-refractivity contribution in [1.29, 1.82) is 0 Å². The summed E-state index contributed by atoms with van der Waals surface area (Å²) in [7, 11) is 1.99. The Morgan fingerprint density at radius 1 is 1.04 bits per heavy atom. The first-order valence-electron chi connectivity index (χ1n) is 21.1. The van der Waals surface area contributed by atoms with Crippen LogP contribution in [0.2, 0.25) is 0 Å². The molecule has 3 amide bonds. The van der Waals surface area contributed by atoms with Crippen molar-refractivity contribution < 1.29 is 29.0 Å². The highest BCUT2D eigenvalue weighted by Crippen LogP contribution is 2.32. The Morgan fingerprint density at radius 3 is 2.36 bits per heavy atom. The Bertz CT molecular complexity index is 1520. The van der Waals surface area contributed by atoms with Crippen LogP contribution in [0.5, 0.6) is 0 Å². The zero-order chi connectivity index (χ0) is 41.4. The van der Waals surface area contributed by atoms with Crippen molar-refractivity contribution >= 4 is 35.0 Å². The Kier molecular flexibility index (Phi) is 19.4. The van der Waals surface area contributed by atoms with Gasteiger partial charge in [-0.2, -0.15) is 0 Å². The SMILES string of the molecule is CCCCCCN(C(=O)[C@@H](NC(=O)[C@H]1CCCCN1C)[C@@H](C)CC)[C@H](C[C@@H](OCC)c1nc(C(=O)N[C@@H](Cc2ccccc2)CC(C)(C)C(=O)O)cs1)C(C)C. The van der Waals surface area contributed by atoms with E-state index in [1.54, 1.807) is 19.2 Å². The fraction of sp³-hybridized carbons (Fsp3) is 0.705. The van der Waals surface area contributed by atoms with E-state index in [4.69, 9.17) is 9.72 Å². The van der Waals surface area contributed by atoms with Crippen LogP contribution in [0.4, 0.5) is 0 Å². The highest BCUT2D eigenvalue weighted by atomic mass is 32.1. The summed E-state index contributed by atoms with van der Waals surface area (Å²) in [5.41, 5.74) is 0.204. The summed E-state index contributed by atoms with van der Waals surface area (Å²) in [6, 6.07) is 8.19. The number of nitrogens with zero attached hydrogens (tertiary/aromatic N) is 3. The molecule has 1 fully saturated rings. The number of nitrogens with one attached hydrogen (secondary N) is 2. The molecule has 1 aromatic carbocycles. The largest absolute Gasteiger partial charge is 0.481 e. The second-order valence-corrected chi connectivity index (χ2v) is 17.7. The van der Waals surface area contributed by atoms with E-state index < -0.39 is 29.6 Å². The lowest BCUT2D eigenvalue weighted by atomic mass is 9.84. The zero-order valence-corrected chi connectivity index (χ0v) is 36.5. The average molecular weight is 798 g/mol. The molecule has 0 unspecified atom stereocenters. The van der Waals surface area contributed by atoms with Gasteiger partial charge < -0.3 is 25.4 Å². The van der Waals surface area contributed by atoms with Crippen LogP contribution in [0.25, 0.3) is 0 Å². The van der Waals surface area contributed by atoms with Gasteiger partial charge in [0.2, 0.25) is 11.8 Å². The van der Waals surface area contributed by atoms with Crippen molar-refractivity contribution in [3.05, 3.63) is 52.0 Å². The maximum atomic E-state index is 14.9. The molecular weight excluding hydrogens is 727 g/mol. The third-order valence-corrected chi connectivity index (χ3v) is 12.3. The minimum absolute atomic E-state index is 0.0513. The molecule has 1 aliphatic rings. The van der Waals surface area contributed by atoms with Crippen molar-refractivity contribution in [1.82, 2.24) is 25.4 Å². The summed E-state index contributed by atoms with van der Waals surface area (Å²) in [6.07, 6.45) is 8.38. The van der Waals surface area contributed by atoms with Gasteiger partial charge in [-0.15, -0.1) is 11.3 Å². The minimum atomic E-state index is -1.05. The van der Waals surface area contributed by atoms with Gasteiger partial charge in [0.05, 0.1) is 11.5 Å². The number of rotatable bonds is 24. The Labute approximate surface area is 340 Å². The molecule has 12 heteroatoms. The van der Waals surface area contributed by atoms with Crippen molar-refractivity contribution in [3.63, 3.8) is 0 Å². The first-order valence-corrected chi connectivity index (χ1v) is 22.0. The lowest BCUT2D eigenvalue weighted by molar-refractivity contribution is -0.147. The zero-order valence-electron chi connectivity index (χ0n) is 35.6. The fourth-order valence-electron chi connectivity index (χ4n) is 7.66. The molecule has 3 rings (SSSR count). The van der Waals surface area contributed by atoms with Crippen molar-refractivity contribution in [2.75, 3.05) is 26.7 Å². The summed E-state index contributed by atoms with van der Waals surface area (Å²) in [5, 5.41) is 18.6. The van der Waals surface area contributed by atoms with Gasteiger partial charge in [-0.1, -0.05) is 97.1 Å². The number of carboxylic acids is 1. The summed E-state index contributed by atoms with van der Waals surface area (Å²) < 4.78 is 6.35. The smallest absolute Gasteiger partial charge is 0.309 e. The number of piperidine rings is 1. The maximum absolute atomic E-state index is 14.9. The quantitative estimate of drug-likeness (QED) is 0.0911. The van der Waals surface area contributed by atoms with E-state index >= 15 is 0 Å². The molecule has 0 spiro atoms. The molecule has 2 heterocycles. The van der Waals surface area contributed by atoms with Crippen LogP contribution >= 0.6 is 11.3 Å². The third-order valence-electron chi connectivity index (χ3n) is 11.4. The molecule has 6 atom stereocenters. The van der Waals surface area contributed by atoms with E-state index in [1.165, 1.54) is 11.3 Å². The Balaban J connectivity index is 1.90. The number of aliphatic carboxylic acids is 1. The number of carbonyl (C=O) groups is 4. The van der Waals surface area contributed by atoms with E-state index in [0.717, 1.165) is 63.5 Å². The number of thiazole rings is 1. The normalized spacial score (nSPS) is 17.8. The average Bonchev–Trinajstić information content (AvgIpc) is 3.66. The maximum Gasteiger partial charge on any atom is 0.309 e. The van der Waals surface area contributed by atoms with Crippen LogP contribution in [-0.2, 0) is 25.5 Å². The van der Waals surface area contributed by atoms with E-state index in [0.29, 0.717) is 31.0 Å². The summed E-state index contributed by atoms with van der Waals surface area (Å²) in [4.78, 5) is 63.3. The second-order valence-electron chi connectivity index (χ2n) is 16.8. The first-order chi connectivity index (χ1) is 26.6. The van der Waals surface area contributed by atoms with Gasteiger partial charge in [-0.25, -0.2) is 4.98 Å². The number of benzene rings is 1. The number of likely N-dealkylation sites (N-methyl/N-ethyl adjacent to an activating group) is 1. The van der Waals surface area contributed by atoms with Crippen LogP contribution in [-0.4, -0.2) is 94.5 Å². The van der Waals surface area contributed by atoms with Crippen LogP contribution in [0.1, 0.15) is 147 Å². The molecule has 314 valence electrons. The van der Waals surface area contributed by atoms with Gasteiger partial charge in [0.25, 0.3) is 5.91 Å². The molecule has 0 aliphatic carbocycles. The van der Waals surface area contributed by atoms with Gasteiger partial charge in [0, 0.05) is 37.0 Å². The number of likely N-dealkylation sites (tertiary alicyclic amines) is 1. The number of amides is 3. The molecule has 3 N–H and O–H groups in total. The number of carbonyl (C=O) groups excluding carboxylic acids is 3. The predicted octanol–water partition coefficient (Wildman–Crippen LogP) is 7.90. The van der Waals surface area contributed by atoms with Crippen molar-refractivity contribution in [2.24, 2.45) is 17.3 Å². The highest BCUT2D eigenvalue weighted by molar-refractivity contribution is 7.09. The molecular formula is C44H71N5O6S. The topological polar surface area (TPSA) is 141 Å². The molecule has 0 radical (unpaired) electrons. The molecule has 0 saturated carbocycles. The summed E-state index contributed by atoms with van der Waals surface area (Å²) in [5.74, 6) is -1.40.